The van der Waals surface area contributed by atoms with E-state index in [9.17, 15) is 19.7 Å². The van der Waals surface area contributed by atoms with Crippen molar-refractivity contribution in [1.29, 1.82) is 0 Å². The third-order valence-corrected chi connectivity index (χ3v) is 4.48. The number of carbonyl (C=O) groups excluding carboxylic acids is 2. The first-order valence-corrected chi connectivity index (χ1v) is 8.23. The van der Waals surface area contributed by atoms with Gasteiger partial charge in [0.25, 0.3) is 0 Å². The molecular weight excluding hydrogens is 316 g/mol. The van der Waals surface area contributed by atoms with Crippen LogP contribution < -0.4 is 0 Å². The molecular formula is C16H28N2O6. The largest absolute Gasteiger partial charge is 0.469 e. The quantitative estimate of drug-likeness (QED) is 0.432. The fourth-order valence-electron chi connectivity index (χ4n) is 3.25. The van der Waals surface area contributed by atoms with E-state index in [1.807, 2.05) is 0 Å². The van der Waals surface area contributed by atoms with Gasteiger partial charge in [0.2, 0.25) is 6.04 Å². The molecule has 8 heteroatoms. The van der Waals surface area contributed by atoms with E-state index in [0.717, 1.165) is 0 Å². The van der Waals surface area contributed by atoms with E-state index < -0.39 is 29.1 Å². The molecule has 1 rings (SSSR count). The maximum absolute atomic E-state index is 12.2. The predicted octanol–water partition coefficient (Wildman–Crippen LogP) is 2.62. The van der Waals surface area contributed by atoms with Gasteiger partial charge in [-0.1, -0.05) is 6.92 Å². The second-order valence-electron chi connectivity index (χ2n) is 7.29. The molecule has 0 saturated carbocycles. The van der Waals surface area contributed by atoms with Crippen LogP contribution >= 0.6 is 0 Å². The van der Waals surface area contributed by atoms with Crippen LogP contribution in [0.2, 0.25) is 0 Å². The average molecular weight is 344 g/mol. The lowest BCUT2D eigenvalue weighted by atomic mass is 9.69. The van der Waals surface area contributed by atoms with E-state index in [0.29, 0.717) is 32.4 Å². The minimum Gasteiger partial charge on any atom is -0.469 e. The highest BCUT2D eigenvalue weighted by molar-refractivity contribution is 5.71. The molecule has 1 fully saturated rings. The fourth-order valence-corrected chi connectivity index (χ4v) is 3.25. The number of likely N-dealkylation sites (tertiary alicyclic amines) is 1. The zero-order chi connectivity index (χ0) is 18.5. The summed E-state index contributed by atoms with van der Waals surface area (Å²) in [4.78, 5) is 36.6. The number of ether oxygens (including phenoxy) is 2. The van der Waals surface area contributed by atoms with Gasteiger partial charge in [-0.05, 0) is 33.6 Å². The second-order valence-corrected chi connectivity index (χ2v) is 7.29. The van der Waals surface area contributed by atoms with Crippen LogP contribution in [-0.2, 0) is 14.3 Å². The summed E-state index contributed by atoms with van der Waals surface area (Å²) < 4.78 is 10.1. The van der Waals surface area contributed by atoms with Gasteiger partial charge in [-0.2, -0.15) is 0 Å². The summed E-state index contributed by atoms with van der Waals surface area (Å²) in [5.41, 5.74) is -1.38. The molecule has 24 heavy (non-hydrogen) atoms. The van der Waals surface area contributed by atoms with Crippen molar-refractivity contribution in [3.8, 4) is 0 Å². The Morgan fingerprint density at radius 1 is 1.29 bits per heavy atom. The number of carbonyl (C=O) groups is 2. The summed E-state index contributed by atoms with van der Waals surface area (Å²) in [5, 5.41) is 11.5. The molecule has 0 radical (unpaired) electrons. The summed E-state index contributed by atoms with van der Waals surface area (Å²) in [6.45, 7) is 7.77. The fraction of sp³-hybridized carbons (Fsp3) is 0.875. The number of esters is 1. The lowest BCUT2D eigenvalue weighted by Gasteiger charge is -2.42. The van der Waals surface area contributed by atoms with E-state index in [-0.39, 0.29) is 11.3 Å². The molecule has 1 aliphatic rings. The Labute approximate surface area is 142 Å². The Morgan fingerprint density at radius 2 is 1.83 bits per heavy atom. The maximum atomic E-state index is 12.2. The molecule has 0 aromatic rings. The zero-order valence-electron chi connectivity index (χ0n) is 15.2. The number of rotatable bonds is 5. The standard InChI is InChI=1S/C16H28N2O6/c1-6-12(18(21)22)16(11-13(19)23-5)7-9-17(10-8-16)14(20)24-15(2,3)4/h12H,6-11H2,1-5H3. The highest BCUT2D eigenvalue weighted by Gasteiger charge is 2.50. The van der Waals surface area contributed by atoms with E-state index in [1.165, 1.54) is 7.11 Å². The Kier molecular flexibility index (Phi) is 6.57. The van der Waals surface area contributed by atoms with Gasteiger partial charge in [-0.3, -0.25) is 14.9 Å². The molecule has 1 aliphatic heterocycles. The van der Waals surface area contributed by atoms with Crippen molar-refractivity contribution >= 4 is 12.1 Å². The number of hydrogen-bond acceptors (Lipinski definition) is 6. The molecule has 1 atom stereocenters. The van der Waals surface area contributed by atoms with Crippen LogP contribution in [0, 0.1) is 15.5 Å². The minimum absolute atomic E-state index is 0.00878. The highest BCUT2D eigenvalue weighted by Crippen LogP contribution is 2.41. The molecule has 0 aromatic heterocycles. The number of nitrogens with zero attached hydrogens (tertiary/aromatic N) is 2. The van der Waals surface area contributed by atoms with E-state index in [2.05, 4.69) is 0 Å². The summed E-state index contributed by atoms with van der Waals surface area (Å²) >= 11 is 0. The van der Waals surface area contributed by atoms with Crippen LogP contribution in [0.3, 0.4) is 0 Å². The average Bonchev–Trinajstić information content (AvgIpc) is 2.46. The first kappa shape index (κ1) is 20.2. The molecule has 0 aliphatic carbocycles. The Morgan fingerprint density at radius 3 is 2.21 bits per heavy atom. The van der Waals surface area contributed by atoms with Crippen molar-refractivity contribution in [1.82, 2.24) is 4.90 Å². The van der Waals surface area contributed by atoms with Crippen molar-refractivity contribution in [3.63, 3.8) is 0 Å². The highest BCUT2D eigenvalue weighted by atomic mass is 16.6. The molecule has 0 aromatic carbocycles. The predicted molar refractivity (Wildman–Crippen MR) is 87.2 cm³/mol. The van der Waals surface area contributed by atoms with Crippen LogP contribution in [0.4, 0.5) is 4.79 Å². The molecule has 1 saturated heterocycles. The van der Waals surface area contributed by atoms with Crippen LogP contribution in [0.5, 0.6) is 0 Å². The minimum atomic E-state index is -0.836. The first-order chi connectivity index (χ1) is 11.0. The molecule has 0 bridgehead atoms. The van der Waals surface area contributed by atoms with Crippen molar-refractivity contribution < 1.29 is 24.0 Å². The van der Waals surface area contributed by atoms with Crippen molar-refractivity contribution in [3.05, 3.63) is 10.1 Å². The van der Waals surface area contributed by atoms with Crippen LogP contribution in [0.25, 0.3) is 0 Å². The number of piperidine rings is 1. The number of hydrogen-bond donors (Lipinski definition) is 0. The molecule has 8 nitrogen and oxygen atoms in total. The van der Waals surface area contributed by atoms with Gasteiger partial charge in [-0.15, -0.1) is 0 Å². The normalized spacial score (nSPS) is 18.6. The molecule has 0 spiro atoms. The van der Waals surface area contributed by atoms with Crippen molar-refractivity contribution in [2.24, 2.45) is 5.41 Å². The number of methoxy groups -OCH3 is 1. The second kappa shape index (κ2) is 7.81. The topological polar surface area (TPSA) is 99.0 Å². The number of amides is 1. The van der Waals surface area contributed by atoms with Crippen molar-refractivity contribution in [2.45, 2.75) is 65.0 Å². The third kappa shape index (κ3) is 5.07. The first-order valence-electron chi connectivity index (χ1n) is 8.23. The van der Waals surface area contributed by atoms with Gasteiger partial charge in [-0.25, -0.2) is 4.79 Å². The van der Waals surface area contributed by atoms with E-state index in [1.54, 1.807) is 32.6 Å². The van der Waals surface area contributed by atoms with E-state index in [4.69, 9.17) is 9.47 Å². The maximum Gasteiger partial charge on any atom is 0.410 e. The summed E-state index contributed by atoms with van der Waals surface area (Å²) in [6.07, 6.45) is 0.645. The SMILES string of the molecule is CCC([N+](=O)[O-])C1(CC(=O)OC)CCN(C(=O)OC(C)(C)C)CC1. The molecule has 138 valence electrons. The van der Waals surface area contributed by atoms with Crippen LogP contribution in [0.15, 0.2) is 0 Å². The Balaban J connectivity index is 2.89. The van der Waals surface area contributed by atoms with E-state index >= 15 is 0 Å². The number of nitro groups is 1. The summed E-state index contributed by atoms with van der Waals surface area (Å²) in [7, 11) is 1.28. The van der Waals surface area contributed by atoms with Crippen LogP contribution in [-0.4, -0.2) is 53.7 Å². The monoisotopic (exact) mass is 344 g/mol. The van der Waals surface area contributed by atoms with Gasteiger partial charge in [0.1, 0.15) is 5.60 Å². The molecule has 1 heterocycles. The molecule has 1 amide bonds. The third-order valence-electron chi connectivity index (χ3n) is 4.48. The zero-order valence-corrected chi connectivity index (χ0v) is 15.2. The van der Waals surface area contributed by atoms with Gasteiger partial charge >= 0.3 is 12.1 Å². The van der Waals surface area contributed by atoms with Gasteiger partial charge < -0.3 is 14.4 Å². The smallest absolute Gasteiger partial charge is 0.410 e. The van der Waals surface area contributed by atoms with Gasteiger partial charge in [0, 0.05) is 24.4 Å². The van der Waals surface area contributed by atoms with Crippen LogP contribution in [0.1, 0.15) is 53.4 Å². The van der Waals surface area contributed by atoms with Crippen molar-refractivity contribution in [2.75, 3.05) is 20.2 Å². The van der Waals surface area contributed by atoms with Gasteiger partial charge in [0.05, 0.1) is 18.9 Å². The lowest BCUT2D eigenvalue weighted by Crippen LogP contribution is -2.52. The molecule has 1 unspecified atom stereocenters. The van der Waals surface area contributed by atoms with Gasteiger partial charge in [0.15, 0.2) is 0 Å². The summed E-state index contributed by atoms with van der Waals surface area (Å²) in [5.74, 6) is -0.457. The molecule has 0 N–H and O–H groups in total. The summed E-state index contributed by atoms with van der Waals surface area (Å²) in [6, 6.07) is -0.836. The Hall–Kier alpha value is -1.86. The lowest BCUT2D eigenvalue weighted by molar-refractivity contribution is -0.544. The Bertz CT molecular complexity index is 477.